The first-order valence-electron chi connectivity index (χ1n) is 11.0. The lowest BCUT2D eigenvalue weighted by molar-refractivity contribution is -0.0502. The average molecular weight is 627 g/mol. The molecular formula is C18H24N5O12P3S. The van der Waals surface area contributed by atoms with Crippen molar-refractivity contribution >= 4 is 51.2 Å². The Morgan fingerprint density at radius 1 is 1.03 bits per heavy atom. The highest BCUT2D eigenvalue weighted by Gasteiger charge is 2.46. The number of imidazole rings is 1. The van der Waals surface area contributed by atoms with Crippen molar-refractivity contribution in [2.75, 3.05) is 18.5 Å². The number of rotatable bonds is 12. The van der Waals surface area contributed by atoms with E-state index >= 15 is 0 Å². The van der Waals surface area contributed by atoms with E-state index < -0.39 is 53.5 Å². The first kappa shape index (κ1) is 30.2. The molecule has 214 valence electrons. The summed E-state index contributed by atoms with van der Waals surface area (Å²) in [5.41, 5.74) is 1.75. The van der Waals surface area contributed by atoms with Crippen molar-refractivity contribution in [2.24, 2.45) is 0 Å². The Kier molecular flexibility index (Phi) is 9.33. The number of anilines is 1. The van der Waals surface area contributed by atoms with E-state index in [2.05, 4.69) is 45.2 Å². The van der Waals surface area contributed by atoms with Crippen LogP contribution in [0.2, 0.25) is 0 Å². The van der Waals surface area contributed by atoms with E-state index in [1.165, 1.54) is 17.2 Å². The van der Waals surface area contributed by atoms with E-state index in [9.17, 15) is 29.1 Å². The van der Waals surface area contributed by atoms with Crippen LogP contribution in [0.25, 0.3) is 11.2 Å². The Morgan fingerprint density at radius 2 is 1.74 bits per heavy atom. The average Bonchev–Trinajstić information content (AvgIpc) is 3.38. The normalized spacial score (nSPS) is 24.9. The molecule has 6 atom stereocenters. The van der Waals surface area contributed by atoms with E-state index in [1.807, 2.05) is 30.3 Å². The molecule has 1 aliphatic rings. The molecule has 39 heavy (non-hydrogen) atoms. The predicted molar refractivity (Wildman–Crippen MR) is 136 cm³/mol. The van der Waals surface area contributed by atoms with Crippen molar-refractivity contribution in [3.8, 4) is 0 Å². The maximum atomic E-state index is 12.1. The fraction of sp³-hybridized carbons (Fsp3) is 0.389. The molecule has 3 aromatic rings. The van der Waals surface area contributed by atoms with Gasteiger partial charge in [0.1, 0.15) is 24.6 Å². The van der Waals surface area contributed by atoms with Gasteiger partial charge in [-0.2, -0.15) is 0 Å². The number of ether oxygens (including phenoxy) is 1. The lowest BCUT2D eigenvalue weighted by Crippen LogP contribution is -2.33. The minimum Gasteiger partial charge on any atom is -0.387 e. The van der Waals surface area contributed by atoms with Crippen molar-refractivity contribution < 1.29 is 56.8 Å². The van der Waals surface area contributed by atoms with Crippen LogP contribution in [0.15, 0.2) is 43.0 Å². The highest BCUT2D eigenvalue weighted by atomic mass is 32.5. The minimum atomic E-state index is -5.35. The van der Waals surface area contributed by atoms with Crippen LogP contribution in [-0.2, 0) is 45.2 Å². The van der Waals surface area contributed by atoms with E-state index in [-0.39, 0.29) is 5.65 Å². The fourth-order valence-corrected chi connectivity index (χ4v) is 8.27. The Balaban J connectivity index is 1.41. The third-order valence-corrected chi connectivity index (χ3v) is 10.3. The van der Waals surface area contributed by atoms with Gasteiger partial charge in [-0.15, -0.1) is 0 Å². The van der Waals surface area contributed by atoms with Gasteiger partial charge in [0.2, 0.25) is 0 Å². The Labute approximate surface area is 225 Å². The lowest BCUT2D eigenvalue weighted by atomic mass is 10.1. The first-order valence-corrected chi connectivity index (χ1v) is 16.6. The SMILES string of the molecule is O=P(O)(O)OP(O)(=S)OP(=O)(O)OC[C@H]1O[C@@H](n2cnc3c(NCCc4ccccc4)ncnc32)[C@H](O)[C@@H]1O. The molecule has 1 aliphatic heterocycles. The minimum absolute atomic E-state index is 0.261. The van der Waals surface area contributed by atoms with Gasteiger partial charge in [-0.05, 0) is 23.8 Å². The van der Waals surface area contributed by atoms with E-state index in [4.69, 9.17) is 14.5 Å². The lowest BCUT2D eigenvalue weighted by Gasteiger charge is -2.20. The summed E-state index contributed by atoms with van der Waals surface area (Å²) in [5, 5.41) is 24.2. The van der Waals surface area contributed by atoms with Crippen LogP contribution < -0.4 is 5.32 Å². The molecule has 17 nitrogen and oxygen atoms in total. The molecule has 1 saturated heterocycles. The standard InChI is InChI=1S/C18H24N5O12P3S/c24-14-12(8-32-37(29,30)35-38(31,39)34-36(26,27)28)33-18(15(14)25)23-10-22-13-16(20-9-21-17(13)23)19-7-6-11-4-2-1-3-5-11/h1-5,9-10,12,14-15,18,24-25H,6-8H2,(H,29,30)(H,31,39)(H,19,20,21)(H2,26,27,28)/t12-,14-,15-,18-,38?/m1/s1. The fourth-order valence-electron chi connectivity index (χ4n) is 3.71. The van der Waals surface area contributed by atoms with Crippen molar-refractivity contribution in [1.29, 1.82) is 0 Å². The Bertz CT molecular complexity index is 1440. The summed E-state index contributed by atoms with van der Waals surface area (Å²) in [6.07, 6.45) is -2.50. The number of aliphatic hydroxyl groups excluding tert-OH is 2. The number of nitrogens with zero attached hydrogens (tertiary/aromatic N) is 4. The third-order valence-electron chi connectivity index (χ3n) is 5.34. The van der Waals surface area contributed by atoms with E-state index in [1.54, 1.807) is 0 Å². The van der Waals surface area contributed by atoms with Gasteiger partial charge in [0.05, 0.1) is 12.9 Å². The smallest absolute Gasteiger partial charge is 0.387 e. The van der Waals surface area contributed by atoms with Crippen molar-refractivity contribution in [1.82, 2.24) is 19.5 Å². The number of phosphoric ester groups is 1. The second-order valence-corrected chi connectivity index (χ2v) is 13.9. The van der Waals surface area contributed by atoms with Crippen molar-refractivity contribution in [3.63, 3.8) is 0 Å². The van der Waals surface area contributed by atoms with Crippen LogP contribution in [-0.4, -0.2) is 80.8 Å². The molecule has 2 aromatic heterocycles. The van der Waals surface area contributed by atoms with Gasteiger partial charge in [-0.3, -0.25) is 9.09 Å². The summed E-state index contributed by atoms with van der Waals surface area (Å²) >= 11 is 4.28. The van der Waals surface area contributed by atoms with Crippen LogP contribution in [0, 0.1) is 0 Å². The van der Waals surface area contributed by atoms with Gasteiger partial charge in [0.15, 0.2) is 23.2 Å². The van der Waals surface area contributed by atoms with E-state index in [0.717, 1.165) is 12.0 Å². The molecule has 0 amide bonds. The molecule has 4 rings (SSSR count). The zero-order valence-electron chi connectivity index (χ0n) is 19.6. The van der Waals surface area contributed by atoms with Gasteiger partial charge in [-0.25, -0.2) is 32.7 Å². The van der Waals surface area contributed by atoms with Gasteiger partial charge < -0.3 is 39.8 Å². The quantitative estimate of drug-likeness (QED) is 0.136. The number of aromatic nitrogens is 4. The number of benzene rings is 1. The molecule has 0 bridgehead atoms. The third kappa shape index (κ3) is 7.94. The molecule has 3 heterocycles. The molecular weight excluding hydrogens is 603 g/mol. The second-order valence-electron chi connectivity index (χ2n) is 8.14. The van der Waals surface area contributed by atoms with Crippen LogP contribution in [0.3, 0.4) is 0 Å². The molecule has 0 saturated carbocycles. The second kappa shape index (κ2) is 12.0. The molecule has 0 spiro atoms. The maximum absolute atomic E-state index is 12.1. The number of nitrogens with one attached hydrogen (secondary N) is 1. The summed E-state index contributed by atoms with van der Waals surface area (Å²) < 4.78 is 42.5. The van der Waals surface area contributed by atoms with Gasteiger partial charge in [0.25, 0.3) is 0 Å². The molecule has 1 fully saturated rings. The van der Waals surface area contributed by atoms with E-state index in [0.29, 0.717) is 17.9 Å². The topological polar surface area (TPSA) is 248 Å². The molecule has 7 N–H and O–H groups in total. The molecule has 0 radical (unpaired) electrons. The monoisotopic (exact) mass is 627 g/mol. The van der Waals surface area contributed by atoms with Gasteiger partial charge in [-0.1, -0.05) is 30.3 Å². The number of hydrogen-bond donors (Lipinski definition) is 7. The van der Waals surface area contributed by atoms with Gasteiger partial charge >= 0.3 is 22.4 Å². The number of fused-ring (bicyclic) bond motifs is 1. The zero-order valence-corrected chi connectivity index (χ0v) is 23.1. The zero-order chi connectivity index (χ0) is 28.4. The van der Waals surface area contributed by atoms with Crippen LogP contribution in [0.4, 0.5) is 5.82 Å². The number of phosphoric acid groups is 2. The van der Waals surface area contributed by atoms with Crippen LogP contribution in [0.1, 0.15) is 11.8 Å². The Hall–Kier alpha value is -1.72. The molecule has 21 heteroatoms. The largest absolute Gasteiger partial charge is 0.479 e. The van der Waals surface area contributed by atoms with Gasteiger partial charge in [0, 0.05) is 6.54 Å². The molecule has 1 aromatic carbocycles. The van der Waals surface area contributed by atoms with Crippen molar-refractivity contribution in [2.45, 2.75) is 31.0 Å². The number of hydrogen-bond acceptors (Lipinski definition) is 13. The molecule has 0 aliphatic carbocycles. The summed E-state index contributed by atoms with van der Waals surface area (Å²) in [6, 6.07) is 9.79. The summed E-state index contributed by atoms with van der Waals surface area (Å²) in [5.74, 6) is 0.429. The first-order chi connectivity index (χ1) is 18.2. The van der Waals surface area contributed by atoms with Crippen LogP contribution in [0.5, 0.6) is 0 Å². The highest BCUT2D eigenvalue weighted by Crippen LogP contribution is 2.66. The molecule has 2 unspecified atom stereocenters. The predicted octanol–water partition coefficient (Wildman–Crippen LogP) is 0.560. The number of aliphatic hydroxyl groups is 2. The summed E-state index contributed by atoms with van der Waals surface area (Å²) in [7, 11) is -10.6. The highest BCUT2D eigenvalue weighted by molar-refractivity contribution is 8.09. The van der Waals surface area contributed by atoms with Crippen LogP contribution >= 0.6 is 22.4 Å². The van der Waals surface area contributed by atoms with Crippen molar-refractivity contribution in [3.05, 3.63) is 48.5 Å². The Morgan fingerprint density at radius 3 is 2.44 bits per heavy atom. The summed E-state index contributed by atoms with van der Waals surface area (Å²) in [6.45, 7) is -5.20. The summed E-state index contributed by atoms with van der Waals surface area (Å²) in [4.78, 5) is 49.5. The maximum Gasteiger partial charge on any atom is 0.479 e.